The maximum Gasteiger partial charge on any atom is 0.264 e. The summed E-state index contributed by atoms with van der Waals surface area (Å²) in [5.41, 5.74) is 0.748. The van der Waals surface area contributed by atoms with Gasteiger partial charge in [0.25, 0.3) is 5.91 Å². The summed E-state index contributed by atoms with van der Waals surface area (Å²) in [5.74, 6) is 1.64. The van der Waals surface area contributed by atoms with E-state index in [1.54, 1.807) is 30.3 Å². The van der Waals surface area contributed by atoms with Gasteiger partial charge < -0.3 is 14.2 Å². The van der Waals surface area contributed by atoms with Gasteiger partial charge in [-0.3, -0.25) is 10.1 Å². The molecular formula is C16H11ClN2O4S. The van der Waals surface area contributed by atoms with E-state index in [4.69, 9.17) is 25.8 Å². The van der Waals surface area contributed by atoms with Crippen molar-refractivity contribution < 1.29 is 19.0 Å². The molecule has 0 saturated heterocycles. The molecule has 122 valence electrons. The number of ether oxygens (including phenoxy) is 3. The van der Waals surface area contributed by atoms with E-state index in [0.717, 1.165) is 10.2 Å². The first-order valence-corrected chi connectivity index (χ1v) is 8.25. The third-order valence-corrected chi connectivity index (χ3v) is 4.50. The van der Waals surface area contributed by atoms with Gasteiger partial charge >= 0.3 is 0 Å². The topological polar surface area (TPSA) is 69.7 Å². The van der Waals surface area contributed by atoms with Gasteiger partial charge in [0.15, 0.2) is 23.2 Å². The van der Waals surface area contributed by atoms with Crippen molar-refractivity contribution in [3.63, 3.8) is 0 Å². The van der Waals surface area contributed by atoms with Gasteiger partial charge in [-0.2, -0.15) is 0 Å². The number of benzene rings is 2. The number of anilines is 1. The fourth-order valence-corrected chi connectivity index (χ4v) is 3.22. The minimum Gasteiger partial charge on any atom is -0.484 e. The molecule has 0 aliphatic carbocycles. The van der Waals surface area contributed by atoms with Crippen LogP contribution in [0.5, 0.6) is 17.2 Å². The number of carbonyl (C=O) groups excluding carboxylic acids is 1. The van der Waals surface area contributed by atoms with Crippen molar-refractivity contribution in [1.82, 2.24) is 4.98 Å². The van der Waals surface area contributed by atoms with Crippen molar-refractivity contribution in [3.05, 3.63) is 41.4 Å². The Hall–Kier alpha value is -2.51. The number of thiazole rings is 1. The number of hydrogen-bond donors (Lipinski definition) is 1. The molecule has 24 heavy (non-hydrogen) atoms. The minimum absolute atomic E-state index is 0.111. The molecule has 0 fully saturated rings. The van der Waals surface area contributed by atoms with Crippen LogP contribution in [0.1, 0.15) is 0 Å². The van der Waals surface area contributed by atoms with Crippen molar-refractivity contribution in [2.75, 3.05) is 18.7 Å². The van der Waals surface area contributed by atoms with Crippen molar-refractivity contribution in [2.45, 2.75) is 0 Å². The quantitative estimate of drug-likeness (QED) is 0.766. The monoisotopic (exact) mass is 362 g/mol. The van der Waals surface area contributed by atoms with Crippen LogP contribution < -0.4 is 19.5 Å². The average molecular weight is 363 g/mol. The molecule has 6 nitrogen and oxygen atoms in total. The van der Waals surface area contributed by atoms with Gasteiger partial charge in [-0.25, -0.2) is 4.98 Å². The number of fused-ring (bicyclic) bond motifs is 2. The van der Waals surface area contributed by atoms with Gasteiger partial charge in [0.2, 0.25) is 6.79 Å². The van der Waals surface area contributed by atoms with Crippen LogP contribution in [0.25, 0.3) is 10.2 Å². The number of rotatable bonds is 4. The largest absolute Gasteiger partial charge is 0.484 e. The molecule has 1 N–H and O–H groups in total. The van der Waals surface area contributed by atoms with E-state index >= 15 is 0 Å². The number of nitrogens with zero attached hydrogens (tertiary/aromatic N) is 1. The summed E-state index contributed by atoms with van der Waals surface area (Å²) in [5, 5.41) is 3.83. The molecule has 0 atom stereocenters. The van der Waals surface area contributed by atoms with Gasteiger partial charge in [0.05, 0.1) is 10.2 Å². The highest BCUT2D eigenvalue weighted by Gasteiger charge is 2.17. The van der Waals surface area contributed by atoms with Crippen LogP contribution in [0.4, 0.5) is 5.13 Å². The second-order valence-electron chi connectivity index (χ2n) is 4.98. The first-order valence-electron chi connectivity index (χ1n) is 7.06. The predicted molar refractivity (Wildman–Crippen MR) is 91.3 cm³/mol. The maximum atomic E-state index is 12.0. The van der Waals surface area contributed by atoms with Crippen molar-refractivity contribution >= 4 is 44.2 Å². The van der Waals surface area contributed by atoms with E-state index in [9.17, 15) is 4.79 Å². The van der Waals surface area contributed by atoms with Crippen molar-refractivity contribution in [3.8, 4) is 17.2 Å². The smallest absolute Gasteiger partial charge is 0.264 e. The second-order valence-corrected chi connectivity index (χ2v) is 6.45. The van der Waals surface area contributed by atoms with Gasteiger partial charge in [-0.1, -0.05) is 22.9 Å². The highest BCUT2D eigenvalue weighted by atomic mass is 35.5. The summed E-state index contributed by atoms with van der Waals surface area (Å²) in [6.07, 6.45) is 0. The molecule has 2 aromatic carbocycles. The maximum absolute atomic E-state index is 12.0. The zero-order valence-corrected chi connectivity index (χ0v) is 13.8. The van der Waals surface area contributed by atoms with Gasteiger partial charge in [0, 0.05) is 17.2 Å². The van der Waals surface area contributed by atoms with E-state index in [0.29, 0.717) is 27.4 Å². The Kier molecular flexibility index (Phi) is 3.87. The molecule has 1 aromatic heterocycles. The molecule has 0 bridgehead atoms. The number of halogens is 1. The van der Waals surface area contributed by atoms with Crippen molar-refractivity contribution in [2.24, 2.45) is 0 Å². The zero-order valence-electron chi connectivity index (χ0n) is 12.2. The van der Waals surface area contributed by atoms with E-state index < -0.39 is 0 Å². The Labute approximate surface area is 145 Å². The number of hydrogen-bond acceptors (Lipinski definition) is 6. The normalized spacial score (nSPS) is 12.4. The van der Waals surface area contributed by atoms with Crippen LogP contribution in [0, 0.1) is 0 Å². The van der Waals surface area contributed by atoms with Crippen LogP contribution >= 0.6 is 22.9 Å². The van der Waals surface area contributed by atoms with Crippen LogP contribution in [-0.2, 0) is 4.79 Å². The lowest BCUT2D eigenvalue weighted by atomic mass is 10.3. The molecule has 0 spiro atoms. The summed E-state index contributed by atoms with van der Waals surface area (Å²) >= 11 is 7.16. The standard InChI is InChI=1S/C16H11ClN2O4S/c17-9-1-3-10(4-2-9)21-7-15(20)19-16-18-11-5-12-13(23-8-22-12)6-14(11)24-16/h1-6H,7-8H2,(H,18,19,20). The van der Waals surface area contributed by atoms with E-state index in [1.807, 2.05) is 6.07 Å². The summed E-state index contributed by atoms with van der Waals surface area (Å²) < 4.78 is 17.0. The van der Waals surface area contributed by atoms with Crippen LogP contribution in [0.2, 0.25) is 5.02 Å². The molecule has 0 radical (unpaired) electrons. The van der Waals surface area contributed by atoms with Gasteiger partial charge in [-0.05, 0) is 24.3 Å². The highest BCUT2D eigenvalue weighted by molar-refractivity contribution is 7.22. The molecule has 1 aliphatic heterocycles. The van der Waals surface area contributed by atoms with Gasteiger partial charge in [-0.15, -0.1) is 0 Å². The van der Waals surface area contributed by atoms with Gasteiger partial charge in [0.1, 0.15) is 5.75 Å². The molecule has 4 rings (SSSR count). The Morgan fingerprint density at radius 2 is 2.00 bits per heavy atom. The average Bonchev–Trinajstić information content (AvgIpc) is 3.17. The number of aromatic nitrogens is 1. The lowest BCUT2D eigenvalue weighted by Crippen LogP contribution is -2.19. The third kappa shape index (κ3) is 3.08. The minimum atomic E-state index is -0.288. The lowest BCUT2D eigenvalue weighted by Gasteiger charge is -2.05. The molecule has 0 unspecified atom stereocenters. The Balaban J connectivity index is 1.42. The molecule has 3 aromatic rings. The number of carbonyl (C=O) groups is 1. The van der Waals surface area contributed by atoms with E-state index in [2.05, 4.69) is 10.3 Å². The molecule has 0 saturated carbocycles. The lowest BCUT2D eigenvalue weighted by molar-refractivity contribution is -0.118. The Bertz CT molecular complexity index is 869. The Morgan fingerprint density at radius 3 is 2.79 bits per heavy atom. The first kappa shape index (κ1) is 15.0. The molecule has 2 heterocycles. The summed E-state index contributed by atoms with van der Waals surface area (Å²) in [7, 11) is 0. The SMILES string of the molecule is O=C(COc1ccc(Cl)cc1)Nc1nc2cc3c(cc2s1)OCO3. The fraction of sp³-hybridized carbons (Fsp3) is 0.125. The molecule has 1 aliphatic rings. The first-order chi connectivity index (χ1) is 11.7. The third-order valence-electron chi connectivity index (χ3n) is 3.31. The van der Waals surface area contributed by atoms with Crippen LogP contribution in [0.3, 0.4) is 0 Å². The van der Waals surface area contributed by atoms with E-state index in [-0.39, 0.29) is 19.3 Å². The molecule has 8 heteroatoms. The predicted octanol–water partition coefficient (Wildman–Crippen LogP) is 3.70. The molecular weight excluding hydrogens is 352 g/mol. The molecule has 1 amide bonds. The second kappa shape index (κ2) is 6.18. The van der Waals surface area contributed by atoms with Crippen LogP contribution in [0.15, 0.2) is 36.4 Å². The summed E-state index contributed by atoms with van der Waals surface area (Å²) in [6.45, 7) is 0.110. The van der Waals surface area contributed by atoms with Crippen molar-refractivity contribution in [1.29, 1.82) is 0 Å². The number of amides is 1. The zero-order chi connectivity index (χ0) is 16.5. The highest BCUT2D eigenvalue weighted by Crippen LogP contribution is 2.38. The number of nitrogens with one attached hydrogen (secondary N) is 1. The Morgan fingerprint density at radius 1 is 1.25 bits per heavy atom. The summed E-state index contributed by atoms with van der Waals surface area (Å²) in [6, 6.07) is 10.5. The van der Waals surface area contributed by atoms with E-state index in [1.165, 1.54) is 11.3 Å². The summed E-state index contributed by atoms with van der Waals surface area (Å²) in [4.78, 5) is 16.4. The van der Waals surface area contributed by atoms with Crippen LogP contribution in [-0.4, -0.2) is 24.3 Å². The fourth-order valence-electron chi connectivity index (χ4n) is 2.21.